The summed E-state index contributed by atoms with van der Waals surface area (Å²) in [6.07, 6.45) is 7.13. The number of nitrogens with zero attached hydrogens (tertiary/aromatic N) is 1. The fourth-order valence-electron chi connectivity index (χ4n) is 2.96. The van der Waals surface area contributed by atoms with Crippen LogP contribution in [0.3, 0.4) is 0 Å². The maximum absolute atomic E-state index is 12.1. The molecule has 1 amide bonds. The summed E-state index contributed by atoms with van der Waals surface area (Å²) in [5, 5.41) is 0. The topological polar surface area (TPSA) is 46.3 Å². The van der Waals surface area contributed by atoms with Gasteiger partial charge in [0.15, 0.2) is 0 Å². The molecule has 0 radical (unpaired) electrons. The molecule has 5 heteroatoms. The van der Waals surface area contributed by atoms with Crippen molar-refractivity contribution in [1.29, 1.82) is 0 Å². The first-order valence-corrected chi connectivity index (χ1v) is 7.77. The fourth-order valence-corrected chi connectivity index (χ4v) is 4.53. The summed E-state index contributed by atoms with van der Waals surface area (Å²) in [6.45, 7) is 3.79. The highest BCUT2D eigenvalue weighted by Gasteiger charge is 2.38. The Morgan fingerprint density at radius 2 is 2.06 bits per heavy atom. The highest BCUT2D eigenvalue weighted by atomic mass is 35.5. The van der Waals surface area contributed by atoms with Crippen molar-refractivity contribution in [1.82, 2.24) is 4.90 Å². The molecule has 1 unspecified atom stereocenters. The van der Waals surface area contributed by atoms with E-state index in [-0.39, 0.29) is 24.4 Å². The number of carbonyl (C=O) groups excluding carboxylic acids is 1. The van der Waals surface area contributed by atoms with Crippen LogP contribution in [0.2, 0.25) is 0 Å². The molecule has 0 aromatic rings. The zero-order chi connectivity index (χ0) is 12.3. The van der Waals surface area contributed by atoms with Crippen LogP contribution in [0, 0.1) is 0 Å². The molecule has 1 atom stereocenters. The second-order valence-corrected chi connectivity index (χ2v) is 7.15. The van der Waals surface area contributed by atoms with Crippen LogP contribution in [-0.4, -0.2) is 40.4 Å². The molecule has 2 aliphatic rings. The van der Waals surface area contributed by atoms with Gasteiger partial charge in [-0.15, -0.1) is 12.4 Å². The van der Waals surface area contributed by atoms with E-state index < -0.39 is 0 Å². The highest BCUT2D eigenvalue weighted by molar-refractivity contribution is 8.00. The van der Waals surface area contributed by atoms with Gasteiger partial charge in [0, 0.05) is 36.1 Å². The Morgan fingerprint density at radius 1 is 1.39 bits per heavy atom. The van der Waals surface area contributed by atoms with Gasteiger partial charge in [0.25, 0.3) is 0 Å². The van der Waals surface area contributed by atoms with E-state index in [9.17, 15) is 4.79 Å². The number of hydrogen-bond acceptors (Lipinski definition) is 3. The Morgan fingerprint density at radius 3 is 2.67 bits per heavy atom. The average Bonchev–Trinajstić information content (AvgIpc) is 2.29. The van der Waals surface area contributed by atoms with Crippen molar-refractivity contribution in [2.75, 3.05) is 18.8 Å². The molecule has 0 aromatic heterocycles. The molecule has 1 aliphatic heterocycles. The number of nitrogens with two attached hydrogens (primary N) is 1. The lowest BCUT2D eigenvalue weighted by atomic mass is 9.87. The van der Waals surface area contributed by atoms with Crippen molar-refractivity contribution in [2.24, 2.45) is 5.73 Å². The third kappa shape index (κ3) is 4.04. The molecule has 106 valence electrons. The van der Waals surface area contributed by atoms with Crippen molar-refractivity contribution < 1.29 is 4.79 Å². The van der Waals surface area contributed by atoms with Gasteiger partial charge in [-0.3, -0.25) is 4.79 Å². The third-order valence-electron chi connectivity index (χ3n) is 3.86. The SMILES string of the molecule is CC(N)CC(=O)N1CCSC2(CCCCC2)C1.Cl. The minimum Gasteiger partial charge on any atom is -0.340 e. The summed E-state index contributed by atoms with van der Waals surface area (Å²) in [5.74, 6) is 1.36. The maximum atomic E-state index is 12.1. The zero-order valence-electron chi connectivity index (χ0n) is 11.2. The molecule has 1 saturated carbocycles. The quantitative estimate of drug-likeness (QED) is 0.850. The Labute approximate surface area is 121 Å². The molecule has 1 aliphatic carbocycles. The maximum Gasteiger partial charge on any atom is 0.224 e. The summed E-state index contributed by atoms with van der Waals surface area (Å²) in [7, 11) is 0. The second-order valence-electron chi connectivity index (χ2n) is 5.59. The van der Waals surface area contributed by atoms with Crippen LogP contribution in [0.15, 0.2) is 0 Å². The van der Waals surface area contributed by atoms with E-state index in [0.717, 1.165) is 18.8 Å². The lowest BCUT2D eigenvalue weighted by molar-refractivity contribution is -0.132. The first-order valence-electron chi connectivity index (χ1n) is 6.79. The predicted molar refractivity (Wildman–Crippen MR) is 80.4 cm³/mol. The van der Waals surface area contributed by atoms with Crippen LogP contribution >= 0.6 is 24.2 Å². The van der Waals surface area contributed by atoms with E-state index in [1.165, 1.54) is 32.1 Å². The van der Waals surface area contributed by atoms with Crippen LogP contribution < -0.4 is 5.73 Å². The van der Waals surface area contributed by atoms with Crippen molar-refractivity contribution in [3.63, 3.8) is 0 Å². The van der Waals surface area contributed by atoms with Gasteiger partial charge in [0.1, 0.15) is 0 Å². The molecule has 1 heterocycles. The Bertz CT molecular complexity index is 275. The lowest BCUT2D eigenvalue weighted by Gasteiger charge is -2.44. The molecular formula is C13H25ClN2OS. The monoisotopic (exact) mass is 292 g/mol. The van der Waals surface area contributed by atoms with Gasteiger partial charge in [0.2, 0.25) is 5.91 Å². The Hall–Kier alpha value is 0.0700. The molecule has 2 rings (SSSR count). The molecule has 3 nitrogen and oxygen atoms in total. The number of amides is 1. The standard InChI is InChI=1S/C13H24N2OS.ClH/c1-11(14)9-12(16)15-7-8-17-13(10-15)5-3-2-4-6-13;/h11H,2-10,14H2,1H3;1H. The van der Waals surface area contributed by atoms with Gasteiger partial charge in [-0.1, -0.05) is 19.3 Å². The first-order chi connectivity index (χ1) is 8.11. The molecule has 2 fully saturated rings. The van der Waals surface area contributed by atoms with E-state index in [1.54, 1.807) is 0 Å². The smallest absolute Gasteiger partial charge is 0.224 e. The van der Waals surface area contributed by atoms with Gasteiger partial charge < -0.3 is 10.6 Å². The molecule has 1 saturated heterocycles. The normalized spacial score (nSPS) is 24.4. The van der Waals surface area contributed by atoms with Crippen LogP contribution in [0.1, 0.15) is 45.4 Å². The number of thioether (sulfide) groups is 1. The van der Waals surface area contributed by atoms with Crippen molar-refractivity contribution in [3.05, 3.63) is 0 Å². The van der Waals surface area contributed by atoms with Crippen molar-refractivity contribution >= 4 is 30.1 Å². The van der Waals surface area contributed by atoms with E-state index in [0.29, 0.717) is 11.2 Å². The Kier molecular flexibility index (Phi) is 6.28. The summed E-state index contributed by atoms with van der Waals surface area (Å²) in [4.78, 5) is 14.1. The summed E-state index contributed by atoms with van der Waals surface area (Å²) >= 11 is 2.10. The molecule has 0 bridgehead atoms. The van der Waals surface area contributed by atoms with Crippen molar-refractivity contribution in [3.8, 4) is 0 Å². The fraction of sp³-hybridized carbons (Fsp3) is 0.923. The van der Waals surface area contributed by atoms with Gasteiger partial charge in [-0.2, -0.15) is 11.8 Å². The average molecular weight is 293 g/mol. The van der Waals surface area contributed by atoms with Crippen molar-refractivity contribution in [2.45, 2.75) is 56.2 Å². The number of hydrogen-bond donors (Lipinski definition) is 1. The largest absolute Gasteiger partial charge is 0.340 e. The summed E-state index contributed by atoms with van der Waals surface area (Å²) < 4.78 is 0.379. The molecule has 18 heavy (non-hydrogen) atoms. The Balaban J connectivity index is 0.00000162. The van der Waals surface area contributed by atoms with Crippen LogP contribution in [0.5, 0.6) is 0 Å². The highest BCUT2D eigenvalue weighted by Crippen LogP contribution is 2.42. The minimum absolute atomic E-state index is 0. The minimum atomic E-state index is -0.0145. The van der Waals surface area contributed by atoms with Gasteiger partial charge in [0.05, 0.1) is 0 Å². The van der Waals surface area contributed by atoms with Gasteiger partial charge in [-0.05, 0) is 19.8 Å². The van der Waals surface area contributed by atoms with E-state index in [4.69, 9.17) is 5.73 Å². The lowest BCUT2D eigenvalue weighted by Crippen LogP contribution is -2.50. The van der Waals surface area contributed by atoms with E-state index >= 15 is 0 Å². The third-order valence-corrected chi connectivity index (χ3v) is 5.40. The number of halogens is 1. The molecular weight excluding hydrogens is 268 g/mol. The number of carbonyl (C=O) groups is 1. The van der Waals surface area contributed by atoms with Crippen LogP contribution in [-0.2, 0) is 4.79 Å². The summed E-state index contributed by atoms with van der Waals surface area (Å²) in [5.41, 5.74) is 5.72. The molecule has 0 aromatic carbocycles. The van der Waals surface area contributed by atoms with Crippen LogP contribution in [0.25, 0.3) is 0 Å². The van der Waals surface area contributed by atoms with Gasteiger partial charge >= 0.3 is 0 Å². The predicted octanol–water partition coefficient (Wildman–Crippen LogP) is 2.42. The second kappa shape index (κ2) is 7.01. The van der Waals surface area contributed by atoms with Crippen LogP contribution in [0.4, 0.5) is 0 Å². The van der Waals surface area contributed by atoms with E-state index in [2.05, 4.69) is 16.7 Å². The van der Waals surface area contributed by atoms with Gasteiger partial charge in [-0.25, -0.2) is 0 Å². The zero-order valence-corrected chi connectivity index (χ0v) is 12.8. The molecule has 2 N–H and O–H groups in total. The summed E-state index contributed by atoms with van der Waals surface area (Å²) in [6, 6.07) is -0.0145. The van der Waals surface area contributed by atoms with E-state index in [1.807, 2.05) is 6.92 Å². The number of rotatable bonds is 2. The molecule has 1 spiro atoms. The first kappa shape index (κ1) is 16.1.